The monoisotopic (exact) mass is 384 g/mol. The van der Waals surface area contributed by atoms with Gasteiger partial charge in [-0.2, -0.15) is 0 Å². The molecule has 0 bridgehead atoms. The lowest BCUT2D eigenvalue weighted by Crippen LogP contribution is -2.36. The summed E-state index contributed by atoms with van der Waals surface area (Å²) in [5.74, 6) is 0.0654. The van der Waals surface area contributed by atoms with Crippen LogP contribution in [0.5, 0.6) is 0 Å². The van der Waals surface area contributed by atoms with Gasteiger partial charge in [0.1, 0.15) is 6.61 Å². The van der Waals surface area contributed by atoms with Gasteiger partial charge in [0.2, 0.25) is 5.91 Å². The number of nitrogens with zero attached hydrogens (tertiary/aromatic N) is 2. The lowest BCUT2D eigenvalue weighted by atomic mass is 10.1. The summed E-state index contributed by atoms with van der Waals surface area (Å²) in [7, 11) is 4.08. The lowest BCUT2D eigenvalue weighted by Gasteiger charge is -2.23. The molecule has 5 heteroatoms. The summed E-state index contributed by atoms with van der Waals surface area (Å²) < 4.78 is 5.34. The highest BCUT2D eigenvalue weighted by molar-refractivity contribution is 5.76. The summed E-state index contributed by atoms with van der Waals surface area (Å²) in [5, 5.41) is 0. The van der Waals surface area contributed by atoms with E-state index in [0.29, 0.717) is 26.0 Å². The SMILES string of the molecule is CCCCCCCC(=O)N(CCCN(C)C)CCOC(=O)CCCCCC. The second-order valence-corrected chi connectivity index (χ2v) is 7.73. The third-order valence-electron chi connectivity index (χ3n) is 4.74. The number of ether oxygens (including phenoxy) is 1. The third kappa shape index (κ3) is 16.8. The zero-order valence-corrected chi connectivity index (χ0v) is 18.4. The molecule has 0 aliphatic rings. The fourth-order valence-electron chi connectivity index (χ4n) is 3.01. The molecule has 160 valence electrons. The van der Waals surface area contributed by atoms with Crippen molar-refractivity contribution in [3.8, 4) is 0 Å². The number of carbonyl (C=O) groups is 2. The Hall–Kier alpha value is -1.10. The van der Waals surface area contributed by atoms with Crippen molar-refractivity contribution in [2.45, 2.75) is 90.9 Å². The molecule has 0 aliphatic carbocycles. The summed E-state index contributed by atoms with van der Waals surface area (Å²) in [4.78, 5) is 28.4. The first kappa shape index (κ1) is 25.9. The van der Waals surface area contributed by atoms with Gasteiger partial charge in [-0.3, -0.25) is 9.59 Å². The number of rotatable bonds is 18. The fraction of sp³-hybridized carbons (Fsp3) is 0.909. The van der Waals surface area contributed by atoms with E-state index in [2.05, 4.69) is 18.7 Å². The Morgan fingerprint density at radius 2 is 1.30 bits per heavy atom. The van der Waals surface area contributed by atoms with Crippen LogP contribution < -0.4 is 0 Å². The molecular formula is C22H44N2O3. The summed E-state index contributed by atoms with van der Waals surface area (Å²) in [6.45, 7) is 6.88. The Morgan fingerprint density at radius 3 is 1.93 bits per heavy atom. The van der Waals surface area contributed by atoms with Crippen molar-refractivity contribution in [2.24, 2.45) is 0 Å². The van der Waals surface area contributed by atoms with E-state index in [-0.39, 0.29) is 11.9 Å². The molecule has 0 fully saturated rings. The van der Waals surface area contributed by atoms with Crippen molar-refractivity contribution < 1.29 is 14.3 Å². The van der Waals surface area contributed by atoms with Gasteiger partial charge in [-0.1, -0.05) is 58.8 Å². The fourth-order valence-corrected chi connectivity index (χ4v) is 3.01. The van der Waals surface area contributed by atoms with Gasteiger partial charge in [0.05, 0.1) is 6.54 Å². The van der Waals surface area contributed by atoms with Crippen molar-refractivity contribution in [1.82, 2.24) is 9.80 Å². The van der Waals surface area contributed by atoms with E-state index in [1.807, 2.05) is 19.0 Å². The van der Waals surface area contributed by atoms with Crippen LogP contribution in [0.4, 0.5) is 0 Å². The van der Waals surface area contributed by atoms with Crippen molar-refractivity contribution in [2.75, 3.05) is 40.3 Å². The largest absolute Gasteiger partial charge is 0.464 e. The first-order chi connectivity index (χ1) is 13.0. The summed E-state index contributed by atoms with van der Waals surface area (Å²) in [6.07, 6.45) is 12.1. The minimum atomic E-state index is -0.133. The average molecular weight is 385 g/mol. The van der Waals surface area contributed by atoms with Crippen molar-refractivity contribution in [1.29, 1.82) is 0 Å². The molecule has 0 spiro atoms. The minimum absolute atomic E-state index is 0.133. The molecule has 0 aromatic carbocycles. The maximum Gasteiger partial charge on any atom is 0.305 e. The number of hydrogen-bond donors (Lipinski definition) is 0. The highest BCUT2D eigenvalue weighted by Crippen LogP contribution is 2.08. The molecule has 1 amide bonds. The molecule has 0 saturated heterocycles. The van der Waals surface area contributed by atoms with Crippen LogP contribution in [0.2, 0.25) is 0 Å². The molecule has 27 heavy (non-hydrogen) atoms. The van der Waals surface area contributed by atoms with Crippen LogP contribution in [0.1, 0.15) is 90.9 Å². The van der Waals surface area contributed by atoms with E-state index in [1.165, 1.54) is 25.7 Å². The van der Waals surface area contributed by atoms with Crippen molar-refractivity contribution >= 4 is 11.9 Å². The third-order valence-corrected chi connectivity index (χ3v) is 4.74. The number of hydrogen-bond acceptors (Lipinski definition) is 4. The molecule has 0 N–H and O–H groups in total. The zero-order valence-electron chi connectivity index (χ0n) is 18.4. The van der Waals surface area contributed by atoms with Crippen molar-refractivity contribution in [3.63, 3.8) is 0 Å². The number of carbonyl (C=O) groups excluding carboxylic acids is 2. The van der Waals surface area contributed by atoms with E-state index in [0.717, 1.165) is 51.6 Å². The van der Waals surface area contributed by atoms with Crippen LogP contribution in [-0.2, 0) is 14.3 Å². The molecular weight excluding hydrogens is 340 g/mol. The first-order valence-electron chi connectivity index (χ1n) is 11.1. The summed E-state index contributed by atoms with van der Waals surface area (Å²) in [6, 6.07) is 0. The molecule has 0 atom stereocenters. The minimum Gasteiger partial charge on any atom is -0.464 e. The van der Waals surface area contributed by atoms with E-state index >= 15 is 0 Å². The van der Waals surface area contributed by atoms with Gasteiger partial charge in [-0.25, -0.2) is 0 Å². The Kier molecular flexibility index (Phi) is 17.5. The van der Waals surface area contributed by atoms with Crippen LogP contribution in [0, 0.1) is 0 Å². The predicted molar refractivity (Wildman–Crippen MR) is 113 cm³/mol. The first-order valence-corrected chi connectivity index (χ1v) is 11.1. The smallest absolute Gasteiger partial charge is 0.305 e. The van der Waals surface area contributed by atoms with Gasteiger partial charge in [-0.05, 0) is 39.9 Å². The van der Waals surface area contributed by atoms with E-state index in [4.69, 9.17) is 4.74 Å². The molecule has 0 rings (SSSR count). The number of esters is 1. The Balaban J connectivity index is 4.17. The van der Waals surface area contributed by atoms with E-state index < -0.39 is 0 Å². The maximum absolute atomic E-state index is 12.5. The molecule has 0 aliphatic heterocycles. The average Bonchev–Trinajstić information content (AvgIpc) is 2.63. The van der Waals surface area contributed by atoms with Gasteiger partial charge >= 0.3 is 5.97 Å². The molecule has 0 aromatic heterocycles. The highest BCUT2D eigenvalue weighted by atomic mass is 16.5. The Morgan fingerprint density at radius 1 is 0.704 bits per heavy atom. The number of unbranched alkanes of at least 4 members (excludes halogenated alkanes) is 7. The highest BCUT2D eigenvalue weighted by Gasteiger charge is 2.14. The Labute approximate surface area is 167 Å². The summed E-state index contributed by atoms with van der Waals surface area (Å²) >= 11 is 0. The number of amides is 1. The molecule has 0 unspecified atom stereocenters. The van der Waals surface area contributed by atoms with Crippen LogP contribution >= 0.6 is 0 Å². The lowest BCUT2D eigenvalue weighted by molar-refractivity contribution is -0.146. The molecule has 0 saturated carbocycles. The van der Waals surface area contributed by atoms with E-state index in [1.54, 1.807) is 0 Å². The Bertz CT molecular complexity index is 373. The van der Waals surface area contributed by atoms with Gasteiger partial charge in [0.15, 0.2) is 0 Å². The van der Waals surface area contributed by atoms with Crippen LogP contribution in [-0.4, -0.2) is 62.0 Å². The predicted octanol–water partition coefficient (Wildman–Crippen LogP) is 4.64. The molecule has 0 aromatic rings. The normalized spacial score (nSPS) is 11.0. The van der Waals surface area contributed by atoms with Crippen LogP contribution in [0.15, 0.2) is 0 Å². The molecule has 5 nitrogen and oxygen atoms in total. The molecule has 0 radical (unpaired) electrons. The maximum atomic E-state index is 12.5. The second kappa shape index (κ2) is 18.3. The van der Waals surface area contributed by atoms with Gasteiger partial charge in [-0.15, -0.1) is 0 Å². The van der Waals surface area contributed by atoms with Gasteiger partial charge in [0.25, 0.3) is 0 Å². The standard InChI is InChI=1S/C22H44N2O3/c1-5-7-9-11-12-15-21(25)24(18-14-17-23(3)4)19-20-27-22(26)16-13-10-8-6-2/h5-20H2,1-4H3. The van der Waals surface area contributed by atoms with Gasteiger partial charge < -0.3 is 14.5 Å². The van der Waals surface area contributed by atoms with Gasteiger partial charge in [0, 0.05) is 19.4 Å². The van der Waals surface area contributed by atoms with Crippen molar-refractivity contribution in [3.05, 3.63) is 0 Å². The second-order valence-electron chi connectivity index (χ2n) is 7.73. The van der Waals surface area contributed by atoms with Crippen LogP contribution in [0.25, 0.3) is 0 Å². The summed E-state index contributed by atoms with van der Waals surface area (Å²) in [5.41, 5.74) is 0. The topological polar surface area (TPSA) is 49.9 Å². The van der Waals surface area contributed by atoms with Crippen LogP contribution in [0.3, 0.4) is 0 Å². The quantitative estimate of drug-likeness (QED) is 0.255. The van der Waals surface area contributed by atoms with E-state index in [9.17, 15) is 9.59 Å². The zero-order chi connectivity index (χ0) is 20.3. The molecule has 0 heterocycles.